The van der Waals surface area contributed by atoms with E-state index in [4.69, 9.17) is 5.26 Å². The van der Waals surface area contributed by atoms with Crippen LogP contribution in [0.4, 0.5) is 18.2 Å². The van der Waals surface area contributed by atoms with E-state index in [9.17, 15) is 31.7 Å². The molecule has 0 unspecified atom stereocenters. The molecule has 0 radical (unpaired) electrons. The number of halogens is 3. The van der Waals surface area contributed by atoms with E-state index < -0.39 is 36.3 Å². The molecule has 25 heavy (non-hydrogen) atoms. The Morgan fingerprint density at radius 2 is 1.96 bits per heavy atom. The van der Waals surface area contributed by atoms with E-state index in [-0.39, 0.29) is 9.88 Å². The van der Waals surface area contributed by atoms with Gasteiger partial charge in [-0.3, -0.25) is 10.1 Å². The van der Waals surface area contributed by atoms with Gasteiger partial charge < -0.3 is 0 Å². The molecule has 0 spiro atoms. The molecule has 0 saturated heterocycles. The smallest absolute Gasteiger partial charge is 0.258 e. The summed E-state index contributed by atoms with van der Waals surface area (Å²) in [6, 6.07) is 6.77. The van der Waals surface area contributed by atoms with Crippen LogP contribution >= 0.6 is 11.3 Å². The Bertz CT molecular complexity index is 1000. The van der Waals surface area contributed by atoms with E-state index in [1.165, 1.54) is 12.1 Å². The van der Waals surface area contributed by atoms with Crippen molar-refractivity contribution in [3.05, 3.63) is 61.9 Å². The zero-order valence-electron chi connectivity index (χ0n) is 12.0. The summed E-state index contributed by atoms with van der Waals surface area (Å²) in [7, 11) is -4.51. The number of nitriles is 1. The molecule has 0 fully saturated rings. The first-order chi connectivity index (χ1) is 11.6. The number of nitrogens with zero attached hydrogens (tertiary/aromatic N) is 2. The van der Waals surface area contributed by atoms with Gasteiger partial charge in [-0.25, -0.2) is 8.42 Å². The van der Waals surface area contributed by atoms with Gasteiger partial charge in [-0.15, -0.1) is 0 Å². The van der Waals surface area contributed by atoms with Crippen molar-refractivity contribution >= 4 is 32.3 Å². The summed E-state index contributed by atoms with van der Waals surface area (Å²) in [4.78, 5) is 8.54. The number of hydrogen-bond donors (Lipinski definition) is 0. The van der Waals surface area contributed by atoms with Gasteiger partial charge in [0, 0.05) is 10.9 Å². The van der Waals surface area contributed by atoms with Crippen LogP contribution in [0.2, 0.25) is 0 Å². The highest BCUT2D eigenvalue weighted by Gasteiger charge is 2.32. The number of thiophene rings is 1. The molecule has 6 nitrogen and oxygen atoms in total. The lowest BCUT2D eigenvalue weighted by molar-refractivity contribution is -0.380. The Kier molecular flexibility index (Phi) is 4.96. The third-order valence-corrected chi connectivity index (χ3v) is 5.58. The van der Waals surface area contributed by atoms with Crippen molar-refractivity contribution in [1.29, 1.82) is 5.26 Å². The molecule has 0 aliphatic rings. The van der Waals surface area contributed by atoms with E-state index >= 15 is 0 Å². The fourth-order valence-corrected chi connectivity index (χ4v) is 3.82. The first-order valence-corrected chi connectivity index (χ1v) is 8.64. The Balaban J connectivity index is 2.51. The number of benzene rings is 1. The molecule has 1 aromatic carbocycles. The Morgan fingerprint density at radius 1 is 1.28 bits per heavy atom. The number of rotatable bonds is 4. The molecule has 130 valence electrons. The van der Waals surface area contributed by atoms with E-state index in [2.05, 4.69) is 0 Å². The number of alkyl halides is 3. The number of allylic oxidation sites excluding steroid dienone is 1. The minimum atomic E-state index is -4.74. The van der Waals surface area contributed by atoms with Crippen LogP contribution in [0.25, 0.3) is 6.08 Å². The molecule has 2 rings (SSSR count). The summed E-state index contributed by atoms with van der Waals surface area (Å²) in [6.45, 7) is 0. The van der Waals surface area contributed by atoms with E-state index in [1.807, 2.05) is 0 Å². The highest BCUT2D eigenvalue weighted by atomic mass is 32.2. The lowest BCUT2D eigenvalue weighted by Crippen LogP contribution is -2.08. The molecule has 0 aliphatic carbocycles. The van der Waals surface area contributed by atoms with Gasteiger partial charge in [0.05, 0.1) is 15.4 Å². The summed E-state index contributed by atoms with van der Waals surface area (Å²) in [5, 5.41) is 19.4. The van der Waals surface area contributed by atoms with Crippen LogP contribution < -0.4 is 0 Å². The minimum Gasteiger partial charge on any atom is -0.258 e. The quantitative estimate of drug-likeness (QED) is 0.447. The van der Waals surface area contributed by atoms with Crippen LogP contribution in [0.15, 0.2) is 46.2 Å². The standard InChI is InChI=1S/C14H7F3N2O4S2/c15-14(16,17)9-2-1-3-11(6-9)25(22,23)12(8-18)7-10-4-5-13(24-10)19(20)21/h1-7H. The Morgan fingerprint density at radius 3 is 2.48 bits per heavy atom. The van der Waals surface area contributed by atoms with Gasteiger partial charge in [-0.05, 0) is 30.3 Å². The van der Waals surface area contributed by atoms with Crippen LogP contribution in [0.3, 0.4) is 0 Å². The second-order valence-electron chi connectivity index (χ2n) is 4.58. The van der Waals surface area contributed by atoms with Crippen molar-refractivity contribution in [2.45, 2.75) is 11.1 Å². The van der Waals surface area contributed by atoms with Crippen molar-refractivity contribution in [2.75, 3.05) is 0 Å². The zero-order chi connectivity index (χ0) is 18.8. The Labute approximate surface area is 143 Å². The average Bonchev–Trinajstić information content (AvgIpc) is 3.00. The van der Waals surface area contributed by atoms with Gasteiger partial charge >= 0.3 is 11.2 Å². The van der Waals surface area contributed by atoms with Gasteiger partial charge in [-0.1, -0.05) is 17.4 Å². The molecule has 0 N–H and O–H groups in total. The van der Waals surface area contributed by atoms with Crippen molar-refractivity contribution < 1.29 is 26.5 Å². The summed E-state index contributed by atoms with van der Waals surface area (Å²) >= 11 is 0.632. The second-order valence-corrected chi connectivity index (χ2v) is 7.59. The monoisotopic (exact) mass is 388 g/mol. The van der Waals surface area contributed by atoms with Crippen LogP contribution in [-0.4, -0.2) is 13.3 Å². The van der Waals surface area contributed by atoms with Crippen molar-refractivity contribution in [3.8, 4) is 6.07 Å². The predicted octanol–water partition coefficient (Wildman–Crippen LogP) is 4.01. The van der Waals surface area contributed by atoms with Gasteiger partial charge in [-0.2, -0.15) is 18.4 Å². The van der Waals surface area contributed by atoms with Crippen molar-refractivity contribution in [1.82, 2.24) is 0 Å². The minimum absolute atomic E-state index is 0.110. The SMILES string of the molecule is N#CC(=Cc1ccc([N+](=O)[O-])s1)S(=O)(=O)c1cccc(C(F)(F)F)c1. The lowest BCUT2D eigenvalue weighted by atomic mass is 10.2. The van der Waals surface area contributed by atoms with Crippen LogP contribution in [-0.2, 0) is 16.0 Å². The summed E-state index contributed by atoms with van der Waals surface area (Å²) in [6.07, 6.45) is -3.86. The average molecular weight is 388 g/mol. The van der Waals surface area contributed by atoms with Gasteiger partial charge in [0.15, 0.2) is 4.91 Å². The largest absolute Gasteiger partial charge is 0.416 e. The number of hydrogen-bond acceptors (Lipinski definition) is 6. The Hall–Kier alpha value is -2.71. The zero-order valence-corrected chi connectivity index (χ0v) is 13.7. The molecular formula is C14H7F3N2O4S2. The predicted molar refractivity (Wildman–Crippen MR) is 83.2 cm³/mol. The number of sulfone groups is 1. The maximum atomic E-state index is 12.7. The molecule has 0 saturated carbocycles. The van der Waals surface area contributed by atoms with E-state index in [0.29, 0.717) is 23.5 Å². The van der Waals surface area contributed by atoms with Crippen molar-refractivity contribution in [3.63, 3.8) is 0 Å². The van der Waals surface area contributed by atoms with Crippen LogP contribution in [0, 0.1) is 21.4 Å². The molecule has 0 atom stereocenters. The molecule has 0 aliphatic heterocycles. The first kappa shape index (κ1) is 18.6. The third-order valence-electron chi connectivity index (χ3n) is 2.94. The topological polar surface area (TPSA) is 101 Å². The molecule has 2 aromatic rings. The fourth-order valence-electron chi connectivity index (χ4n) is 1.78. The van der Waals surface area contributed by atoms with Crippen LogP contribution in [0.5, 0.6) is 0 Å². The maximum Gasteiger partial charge on any atom is 0.416 e. The summed E-state index contributed by atoms with van der Waals surface area (Å²) in [5.74, 6) is 0. The second kappa shape index (κ2) is 6.66. The van der Waals surface area contributed by atoms with E-state index in [0.717, 1.165) is 24.3 Å². The molecular weight excluding hydrogens is 381 g/mol. The number of nitro groups is 1. The molecule has 0 bridgehead atoms. The van der Waals surface area contributed by atoms with Crippen LogP contribution in [0.1, 0.15) is 10.4 Å². The summed E-state index contributed by atoms with van der Waals surface area (Å²) < 4.78 is 63.0. The highest BCUT2D eigenvalue weighted by Crippen LogP contribution is 2.32. The lowest BCUT2D eigenvalue weighted by Gasteiger charge is -2.08. The van der Waals surface area contributed by atoms with Gasteiger partial charge in [0.1, 0.15) is 6.07 Å². The molecule has 11 heteroatoms. The summed E-state index contributed by atoms with van der Waals surface area (Å²) in [5.41, 5.74) is -1.17. The maximum absolute atomic E-state index is 12.7. The molecule has 1 aromatic heterocycles. The third kappa shape index (κ3) is 4.04. The van der Waals surface area contributed by atoms with Gasteiger partial charge in [0.25, 0.3) is 0 Å². The fraction of sp³-hybridized carbons (Fsp3) is 0.0714. The van der Waals surface area contributed by atoms with E-state index in [1.54, 1.807) is 0 Å². The first-order valence-electron chi connectivity index (χ1n) is 6.34. The molecule has 0 amide bonds. The van der Waals surface area contributed by atoms with Crippen molar-refractivity contribution in [2.24, 2.45) is 0 Å². The molecule has 1 heterocycles. The normalized spacial score (nSPS) is 12.6. The highest BCUT2D eigenvalue weighted by molar-refractivity contribution is 7.95. The van der Waals surface area contributed by atoms with Gasteiger partial charge in [0.2, 0.25) is 9.84 Å².